The van der Waals surface area contributed by atoms with Crippen molar-refractivity contribution in [2.45, 2.75) is 26.2 Å². The predicted octanol–water partition coefficient (Wildman–Crippen LogP) is 2.98. The second kappa shape index (κ2) is 9.45. The molecule has 6 heteroatoms. The van der Waals surface area contributed by atoms with E-state index in [0.29, 0.717) is 31.0 Å². The molecule has 0 aromatic heterocycles. The first kappa shape index (κ1) is 20.7. The van der Waals surface area contributed by atoms with Crippen molar-refractivity contribution in [3.05, 3.63) is 53.6 Å². The van der Waals surface area contributed by atoms with Crippen LogP contribution in [0.25, 0.3) is 0 Å². The number of nitrogens with zero attached hydrogens (tertiary/aromatic N) is 1. The molecule has 29 heavy (non-hydrogen) atoms. The molecule has 2 aromatic carbocycles. The molecule has 0 saturated carbocycles. The maximum Gasteiger partial charge on any atom is 0.227 e. The first-order valence-electron chi connectivity index (χ1n) is 9.93. The van der Waals surface area contributed by atoms with Crippen LogP contribution in [-0.2, 0) is 22.4 Å². The summed E-state index contributed by atoms with van der Waals surface area (Å²) < 4.78 is 10.6. The summed E-state index contributed by atoms with van der Waals surface area (Å²) >= 11 is 0. The third kappa shape index (κ3) is 4.88. The fourth-order valence-electron chi connectivity index (χ4n) is 3.59. The molecule has 6 nitrogen and oxygen atoms in total. The summed E-state index contributed by atoms with van der Waals surface area (Å²) in [6.45, 7) is 3.01. The number of aryl methyl sites for hydroxylation is 1. The minimum Gasteiger partial charge on any atom is -0.493 e. The molecule has 3 rings (SSSR count). The molecule has 2 aromatic rings. The molecule has 1 fully saturated rings. The van der Waals surface area contributed by atoms with Crippen LogP contribution in [0.3, 0.4) is 0 Å². The molecule has 1 atom stereocenters. The normalized spacial score (nSPS) is 16.0. The highest BCUT2D eigenvalue weighted by molar-refractivity contribution is 6.00. The van der Waals surface area contributed by atoms with Gasteiger partial charge in [0.2, 0.25) is 11.8 Å². The molecule has 0 spiro atoms. The lowest BCUT2D eigenvalue weighted by atomic mass is 10.1. The molecule has 0 bridgehead atoms. The Labute approximate surface area is 171 Å². The van der Waals surface area contributed by atoms with Crippen molar-refractivity contribution in [3.8, 4) is 11.5 Å². The lowest BCUT2D eigenvalue weighted by Gasteiger charge is -2.17. The van der Waals surface area contributed by atoms with Gasteiger partial charge in [-0.1, -0.05) is 25.1 Å². The topological polar surface area (TPSA) is 67.9 Å². The molecule has 2 amide bonds. The van der Waals surface area contributed by atoms with E-state index in [2.05, 4.69) is 12.2 Å². The van der Waals surface area contributed by atoms with Gasteiger partial charge in [-0.25, -0.2) is 0 Å². The molecular weight excluding hydrogens is 368 g/mol. The summed E-state index contributed by atoms with van der Waals surface area (Å²) in [5.74, 6) is 0.948. The molecule has 1 aliphatic heterocycles. The summed E-state index contributed by atoms with van der Waals surface area (Å²) in [7, 11) is 3.20. The van der Waals surface area contributed by atoms with Crippen molar-refractivity contribution in [2.75, 3.05) is 32.2 Å². The van der Waals surface area contributed by atoms with Crippen LogP contribution >= 0.6 is 0 Å². The lowest BCUT2D eigenvalue weighted by Crippen LogP contribution is -2.34. The van der Waals surface area contributed by atoms with Gasteiger partial charge in [0.15, 0.2) is 11.5 Å². The van der Waals surface area contributed by atoms with Crippen molar-refractivity contribution >= 4 is 17.5 Å². The summed E-state index contributed by atoms with van der Waals surface area (Å²) in [6, 6.07) is 13.7. The van der Waals surface area contributed by atoms with E-state index in [9.17, 15) is 9.59 Å². The lowest BCUT2D eigenvalue weighted by molar-refractivity contribution is -0.126. The summed E-state index contributed by atoms with van der Waals surface area (Å²) in [5, 5.41) is 2.96. The number of hydrogen-bond acceptors (Lipinski definition) is 4. The van der Waals surface area contributed by atoms with E-state index in [0.717, 1.165) is 17.7 Å². The van der Waals surface area contributed by atoms with Crippen molar-refractivity contribution < 1.29 is 19.1 Å². The van der Waals surface area contributed by atoms with E-state index in [4.69, 9.17) is 9.47 Å². The number of carbonyl (C=O) groups excluding carboxylic acids is 2. The average Bonchev–Trinajstić information content (AvgIpc) is 3.15. The number of rotatable bonds is 8. The zero-order valence-electron chi connectivity index (χ0n) is 17.2. The Morgan fingerprint density at radius 2 is 1.90 bits per heavy atom. The van der Waals surface area contributed by atoms with Gasteiger partial charge in [-0.15, -0.1) is 0 Å². The highest BCUT2D eigenvalue weighted by atomic mass is 16.5. The molecule has 1 aliphatic rings. The van der Waals surface area contributed by atoms with Gasteiger partial charge >= 0.3 is 0 Å². The molecule has 1 saturated heterocycles. The highest BCUT2D eigenvalue weighted by Gasteiger charge is 2.35. The molecule has 0 radical (unpaired) electrons. The van der Waals surface area contributed by atoms with Crippen LogP contribution in [0, 0.1) is 5.92 Å². The Morgan fingerprint density at radius 1 is 1.10 bits per heavy atom. The van der Waals surface area contributed by atoms with Crippen LogP contribution < -0.4 is 19.7 Å². The SMILES string of the molecule is CCc1cccc(N2C[C@@H](C(=O)NCCc3ccc(OC)c(OC)c3)CC2=O)c1. The molecule has 154 valence electrons. The van der Waals surface area contributed by atoms with Gasteiger partial charge in [0.1, 0.15) is 0 Å². The number of anilines is 1. The van der Waals surface area contributed by atoms with Crippen molar-refractivity contribution in [2.24, 2.45) is 5.92 Å². The average molecular weight is 396 g/mol. The second-order valence-electron chi connectivity index (χ2n) is 7.16. The zero-order chi connectivity index (χ0) is 20.8. The van der Waals surface area contributed by atoms with Crippen LogP contribution in [0.15, 0.2) is 42.5 Å². The summed E-state index contributed by atoms with van der Waals surface area (Å²) in [5.41, 5.74) is 3.09. The number of ether oxygens (including phenoxy) is 2. The second-order valence-corrected chi connectivity index (χ2v) is 7.16. The molecule has 1 N–H and O–H groups in total. The molecule has 0 unspecified atom stereocenters. The first-order chi connectivity index (χ1) is 14.0. The fourth-order valence-corrected chi connectivity index (χ4v) is 3.59. The third-order valence-corrected chi connectivity index (χ3v) is 5.29. The monoisotopic (exact) mass is 396 g/mol. The Balaban J connectivity index is 1.54. The van der Waals surface area contributed by atoms with E-state index in [1.165, 1.54) is 5.56 Å². The Morgan fingerprint density at radius 3 is 2.62 bits per heavy atom. The third-order valence-electron chi connectivity index (χ3n) is 5.29. The number of methoxy groups -OCH3 is 2. The first-order valence-corrected chi connectivity index (χ1v) is 9.93. The quantitative estimate of drug-likeness (QED) is 0.745. The maximum atomic E-state index is 12.6. The van der Waals surface area contributed by atoms with E-state index >= 15 is 0 Å². The minimum absolute atomic E-state index is 0.00158. The van der Waals surface area contributed by atoms with Crippen molar-refractivity contribution in [1.82, 2.24) is 5.32 Å². The van der Waals surface area contributed by atoms with E-state index in [1.54, 1.807) is 19.1 Å². The number of amides is 2. The molecular formula is C23H28N2O4. The van der Waals surface area contributed by atoms with Crippen molar-refractivity contribution in [1.29, 1.82) is 0 Å². The smallest absolute Gasteiger partial charge is 0.227 e. The van der Waals surface area contributed by atoms with E-state index in [-0.39, 0.29) is 24.2 Å². The number of nitrogens with one attached hydrogen (secondary N) is 1. The molecule has 0 aliphatic carbocycles. The van der Waals surface area contributed by atoms with Crippen LogP contribution in [0.5, 0.6) is 11.5 Å². The van der Waals surface area contributed by atoms with E-state index in [1.807, 2.05) is 42.5 Å². The van der Waals surface area contributed by atoms with Gasteiger partial charge in [-0.05, 0) is 48.2 Å². The number of carbonyl (C=O) groups is 2. The number of benzene rings is 2. The van der Waals surface area contributed by atoms with Crippen LogP contribution in [0.1, 0.15) is 24.5 Å². The Hall–Kier alpha value is -3.02. The van der Waals surface area contributed by atoms with Gasteiger partial charge in [0.05, 0.1) is 20.1 Å². The van der Waals surface area contributed by atoms with Gasteiger partial charge in [-0.3, -0.25) is 9.59 Å². The van der Waals surface area contributed by atoms with Gasteiger partial charge in [-0.2, -0.15) is 0 Å². The van der Waals surface area contributed by atoms with Crippen molar-refractivity contribution in [3.63, 3.8) is 0 Å². The molecule has 1 heterocycles. The van der Waals surface area contributed by atoms with Crippen LogP contribution in [0.4, 0.5) is 5.69 Å². The van der Waals surface area contributed by atoms with Gasteiger partial charge < -0.3 is 19.7 Å². The zero-order valence-corrected chi connectivity index (χ0v) is 17.2. The largest absolute Gasteiger partial charge is 0.493 e. The van der Waals surface area contributed by atoms with E-state index < -0.39 is 0 Å². The summed E-state index contributed by atoms with van der Waals surface area (Å²) in [4.78, 5) is 26.7. The van der Waals surface area contributed by atoms with Gasteiger partial charge in [0, 0.05) is 25.2 Å². The number of hydrogen-bond donors (Lipinski definition) is 1. The fraction of sp³-hybridized carbons (Fsp3) is 0.391. The Bertz CT molecular complexity index is 881. The summed E-state index contributed by atoms with van der Waals surface area (Å²) in [6.07, 6.45) is 1.84. The van der Waals surface area contributed by atoms with Crippen LogP contribution in [0.2, 0.25) is 0 Å². The minimum atomic E-state index is -0.321. The highest BCUT2D eigenvalue weighted by Crippen LogP contribution is 2.28. The maximum absolute atomic E-state index is 12.6. The standard InChI is InChI=1S/C23H28N2O4/c1-4-16-6-5-7-19(12-16)25-15-18(14-22(25)26)23(27)24-11-10-17-8-9-20(28-2)21(13-17)29-3/h5-9,12-13,18H,4,10-11,14-15H2,1-3H3,(H,24,27)/t18-/m0/s1. The Kier molecular flexibility index (Phi) is 6.75. The van der Waals surface area contributed by atoms with Gasteiger partial charge in [0.25, 0.3) is 0 Å². The van der Waals surface area contributed by atoms with Crippen LogP contribution in [-0.4, -0.2) is 39.1 Å². The predicted molar refractivity (Wildman–Crippen MR) is 113 cm³/mol.